The summed E-state index contributed by atoms with van der Waals surface area (Å²) in [7, 11) is -3.81. The lowest BCUT2D eigenvalue weighted by atomic mass is 10.1. The first-order valence-electron chi connectivity index (χ1n) is 6.65. The zero-order valence-electron chi connectivity index (χ0n) is 11.8. The first-order chi connectivity index (χ1) is 11.0. The van der Waals surface area contributed by atoms with Crippen LogP contribution in [0.2, 0.25) is 5.02 Å². The molecule has 1 heterocycles. The molecule has 0 aliphatic heterocycles. The molecular formula is C16H11ClN2O3S. The van der Waals surface area contributed by atoms with Gasteiger partial charge in [0.05, 0.1) is 4.90 Å². The highest BCUT2D eigenvalue weighted by Crippen LogP contribution is 2.15. The third-order valence-corrected chi connectivity index (χ3v) is 5.01. The van der Waals surface area contributed by atoms with E-state index in [9.17, 15) is 13.2 Å². The molecule has 0 saturated heterocycles. The fraction of sp³-hybridized carbons (Fsp3) is 0. The van der Waals surface area contributed by atoms with E-state index in [0.29, 0.717) is 10.6 Å². The number of carbonyl (C=O) groups excluding carboxylic acids is 1. The lowest BCUT2D eigenvalue weighted by molar-refractivity contribution is 0.103. The smallest absolute Gasteiger partial charge is 0.282 e. The van der Waals surface area contributed by atoms with Crippen LogP contribution in [0.25, 0.3) is 0 Å². The minimum absolute atomic E-state index is 0.0480. The second-order valence-corrected chi connectivity index (χ2v) is 6.96. The van der Waals surface area contributed by atoms with E-state index in [1.807, 2.05) is 0 Å². The second kappa shape index (κ2) is 5.98. The van der Waals surface area contributed by atoms with E-state index in [0.717, 1.165) is 4.09 Å². The predicted octanol–water partition coefficient (Wildman–Crippen LogP) is 3.00. The van der Waals surface area contributed by atoms with Crippen LogP contribution in [0.5, 0.6) is 0 Å². The number of carbonyl (C=O) groups is 1. The molecule has 0 aliphatic rings. The molecule has 3 aromatic rings. The summed E-state index contributed by atoms with van der Waals surface area (Å²) in [6.07, 6.45) is 1.26. The summed E-state index contributed by atoms with van der Waals surface area (Å²) in [5, 5.41) is 4.42. The zero-order chi connectivity index (χ0) is 16.4. The van der Waals surface area contributed by atoms with Crippen molar-refractivity contribution in [3.05, 3.63) is 83.1 Å². The lowest BCUT2D eigenvalue weighted by Gasteiger charge is -2.03. The van der Waals surface area contributed by atoms with Gasteiger partial charge in [-0.15, -0.1) is 0 Å². The van der Waals surface area contributed by atoms with Crippen molar-refractivity contribution in [1.82, 2.24) is 9.19 Å². The Labute approximate surface area is 138 Å². The van der Waals surface area contributed by atoms with Crippen LogP contribution >= 0.6 is 11.6 Å². The summed E-state index contributed by atoms with van der Waals surface area (Å²) in [4.78, 5) is 12.4. The van der Waals surface area contributed by atoms with Crippen LogP contribution in [0.4, 0.5) is 0 Å². The minimum atomic E-state index is -3.81. The fourth-order valence-corrected chi connectivity index (χ4v) is 3.27. The Kier molecular flexibility index (Phi) is 4.02. The number of hydrogen-bond donors (Lipinski definition) is 0. The van der Waals surface area contributed by atoms with Gasteiger partial charge in [-0.2, -0.15) is 17.6 Å². The first-order valence-corrected chi connectivity index (χ1v) is 8.47. The molecule has 7 heteroatoms. The van der Waals surface area contributed by atoms with E-state index in [2.05, 4.69) is 5.10 Å². The third-order valence-electron chi connectivity index (χ3n) is 3.19. The van der Waals surface area contributed by atoms with Gasteiger partial charge in [-0.25, -0.2) is 0 Å². The molecule has 0 amide bonds. The van der Waals surface area contributed by atoms with Gasteiger partial charge in [-0.05, 0) is 42.5 Å². The highest BCUT2D eigenvalue weighted by Gasteiger charge is 2.20. The normalized spacial score (nSPS) is 11.3. The topological polar surface area (TPSA) is 69.0 Å². The standard InChI is InChI=1S/C16H11ClN2O3S/c17-13-8-6-12(7-9-13)16(20)15-10-11-19(18-15)23(21,22)14-4-2-1-3-5-14/h1-11H. The predicted molar refractivity (Wildman–Crippen MR) is 86.1 cm³/mol. The average Bonchev–Trinajstić information content (AvgIpc) is 3.06. The van der Waals surface area contributed by atoms with Crippen molar-refractivity contribution >= 4 is 27.4 Å². The number of halogens is 1. The summed E-state index contributed by atoms with van der Waals surface area (Å²) < 4.78 is 25.6. The van der Waals surface area contributed by atoms with Gasteiger partial charge >= 0.3 is 0 Å². The largest absolute Gasteiger partial charge is 0.287 e. The summed E-state index contributed by atoms with van der Waals surface area (Å²) in [6.45, 7) is 0. The maximum Gasteiger partial charge on any atom is 0.282 e. The highest BCUT2D eigenvalue weighted by atomic mass is 35.5. The van der Waals surface area contributed by atoms with Gasteiger partial charge < -0.3 is 0 Å². The average molecular weight is 347 g/mol. The molecular weight excluding hydrogens is 336 g/mol. The van der Waals surface area contributed by atoms with Crippen LogP contribution in [0.15, 0.2) is 71.8 Å². The van der Waals surface area contributed by atoms with Crippen LogP contribution < -0.4 is 0 Å². The lowest BCUT2D eigenvalue weighted by Crippen LogP contribution is -2.14. The van der Waals surface area contributed by atoms with E-state index < -0.39 is 10.0 Å². The number of nitrogens with zero attached hydrogens (tertiary/aromatic N) is 2. The molecule has 23 heavy (non-hydrogen) atoms. The van der Waals surface area contributed by atoms with E-state index in [1.54, 1.807) is 42.5 Å². The molecule has 0 aliphatic carbocycles. The molecule has 0 saturated carbocycles. The molecule has 3 rings (SSSR count). The number of aromatic nitrogens is 2. The van der Waals surface area contributed by atoms with Gasteiger partial charge in [-0.3, -0.25) is 4.79 Å². The molecule has 0 radical (unpaired) electrons. The molecule has 0 unspecified atom stereocenters. The first kappa shape index (κ1) is 15.5. The molecule has 1 aromatic heterocycles. The molecule has 0 atom stereocenters. The Morgan fingerprint density at radius 1 is 0.957 bits per heavy atom. The summed E-state index contributed by atoms with van der Waals surface area (Å²) >= 11 is 5.78. The van der Waals surface area contributed by atoms with Crippen LogP contribution in [0.1, 0.15) is 16.1 Å². The Hall–Kier alpha value is -2.44. The highest BCUT2D eigenvalue weighted by molar-refractivity contribution is 7.89. The van der Waals surface area contributed by atoms with Crippen molar-refractivity contribution in [3.8, 4) is 0 Å². The van der Waals surface area contributed by atoms with Crippen LogP contribution in [-0.4, -0.2) is 23.4 Å². The molecule has 0 N–H and O–H groups in total. The summed E-state index contributed by atoms with van der Waals surface area (Å²) in [6, 6.07) is 15.6. The van der Waals surface area contributed by atoms with E-state index in [1.165, 1.54) is 24.4 Å². The molecule has 116 valence electrons. The minimum Gasteiger partial charge on any atom is -0.287 e. The fourth-order valence-electron chi connectivity index (χ4n) is 2.01. The Morgan fingerprint density at radius 3 is 2.26 bits per heavy atom. The molecule has 5 nitrogen and oxygen atoms in total. The van der Waals surface area contributed by atoms with E-state index >= 15 is 0 Å². The van der Waals surface area contributed by atoms with Crippen molar-refractivity contribution in [2.75, 3.05) is 0 Å². The number of rotatable bonds is 4. The van der Waals surface area contributed by atoms with Crippen molar-refractivity contribution in [3.63, 3.8) is 0 Å². The Bertz CT molecular complexity index is 949. The maximum absolute atomic E-state index is 12.4. The van der Waals surface area contributed by atoms with Gasteiger partial charge in [0.2, 0.25) is 5.78 Å². The molecule has 0 spiro atoms. The SMILES string of the molecule is O=C(c1ccc(Cl)cc1)c1ccn(S(=O)(=O)c2ccccc2)n1. The van der Waals surface area contributed by atoms with Crippen LogP contribution in [0.3, 0.4) is 0 Å². The van der Waals surface area contributed by atoms with Gasteiger partial charge in [0.1, 0.15) is 5.69 Å². The maximum atomic E-state index is 12.4. The molecule has 2 aromatic carbocycles. The van der Waals surface area contributed by atoms with Crippen molar-refractivity contribution in [1.29, 1.82) is 0 Å². The van der Waals surface area contributed by atoms with Gasteiger partial charge in [-0.1, -0.05) is 29.8 Å². The monoisotopic (exact) mass is 346 g/mol. The van der Waals surface area contributed by atoms with Crippen molar-refractivity contribution in [2.24, 2.45) is 0 Å². The zero-order valence-corrected chi connectivity index (χ0v) is 13.3. The third kappa shape index (κ3) is 3.04. The van der Waals surface area contributed by atoms with Crippen molar-refractivity contribution < 1.29 is 13.2 Å². The van der Waals surface area contributed by atoms with Crippen molar-refractivity contribution in [2.45, 2.75) is 4.90 Å². The van der Waals surface area contributed by atoms with Crippen LogP contribution in [-0.2, 0) is 10.0 Å². The van der Waals surface area contributed by atoms with Crippen LogP contribution in [0, 0.1) is 0 Å². The van der Waals surface area contributed by atoms with Gasteiger partial charge in [0.15, 0.2) is 0 Å². The Morgan fingerprint density at radius 2 is 1.61 bits per heavy atom. The quantitative estimate of drug-likeness (QED) is 0.681. The van der Waals surface area contributed by atoms with Gasteiger partial charge in [0.25, 0.3) is 10.0 Å². The van der Waals surface area contributed by atoms with Gasteiger partial charge in [0, 0.05) is 16.8 Å². The summed E-state index contributed by atoms with van der Waals surface area (Å²) in [5.41, 5.74) is 0.434. The summed E-state index contributed by atoms with van der Waals surface area (Å²) in [5.74, 6) is -0.372. The van der Waals surface area contributed by atoms with E-state index in [-0.39, 0.29) is 16.4 Å². The molecule has 0 fully saturated rings. The second-order valence-electron chi connectivity index (χ2n) is 4.73. The Balaban J connectivity index is 1.95. The number of benzene rings is 2. The molecule has 0 bridgehead atoms. The number of ketones is 1. The van der Waals surface area contributed by atoms with E-state index in [4.69, 9.17) is 11.6 Å². The number of hydrogen-bond acceptors (Lipinski definition) is 4.